The fourth-order valence-electron chi connectivity index (χ4n) is 6.59. The van der Waals surface area contributed by atoms with Crippen molar-refractivity contribution in [1.82, 2.24) is 24.7 Å². The second-order valence-electron chi connectivity index (χ2n) is 15.7. The molecule has 54 heavy (non-hydrogen) atoms. The number of halogens is 3. The molecular weight excluding hydrogens is 703 g/mol. The number of rotatable bonds is 15. The molecule has 0 bridgehead atoms. The summed E-state index contributed by atoms with van der Waals surface area (Å²) in [5.41, 5.74) is -0.883. The summed E-state index contributed by atoms with van der Waals surface area (Å²) in [5.74, 6) is -3.10. The van der Waals surface area contributed by atoms with Gasteiger partial charge in [-0.1, -0.05) is 44.2 Å². The summed E-state index contributed by atoms with van der Waals surface area (Å²) in [4.78, 5) is 59.2. The summed E-state index contributed by atoms with van der Waals surface area (Å²) in [7, 11) is 0. The maximum Gasteiger partial charge on any atom is 0.410 e. The molecule has 1 N–H and O–H groups in total. The SMILES string of the molecule is CC(=O)COC(C)C(=O)N(CC1CN(C(=O)OC(C)(C)C)CC1F)C(c1nc(-c2cc(F)ccc2F)cn1Cc1ccccc1)C(C)(C)CCNC(C)=O. The predicted molar refractivity (Wildman–Crippen MR) is 197 cm³/mol. The van der Waals surface area contributed by atoms with Crippen LogP contribution in [0.3, 0.4) is 0 Å². The van der Waals surface area contributed by atoms with Gasteiger partial charge in [0.25, 0.3) is 5.91 Å². The van der Waals surface area contributed by atoms with Crippen LogP contribution in [0.5, 0.6) is 0 Å². The number of benzene rings is 2. The number of nitrogens with one attached hydrogen (secondary N) is 1. The van der Waals surface area contributed by atoms with E-state index in [4.69, 9.17) is 14.5 Å². The Morgan fingerprint density at radius 3 is 2.33 bits per heavy atom. The Hall–Kier alpha value is -4.72. The topological polar surface area (TPSA) is 123 Å². The molecule has 3 amide bonds. The number of aromatic nitrogens is 2. The van der Waals surface area contributed by atoms with Crippen molar-refractivity contribution < 1.29 is 41.8 Å². The van der Waals surface area contributed by atoms with Crippen LogP contribution in [0.1, 0.15) is 79.2 Å². The molecule has 0 saturated carbocycles. The molecule has 14 heteroatoms. The van der Waals surface area contributed by atoms with Gasteiger partial charge in [-0.25, -0.2) is 22.9 Å². The first-order valence-electron chi connectivity index (χ1n) is 18.1. The van der Waals surface area contributed by atoms with Gasteiger partial charge >= 0.3 is 6.09 Å². The minimum atomic E-state index is -1.54. The number of carbonyl (C=O) groups is 4. The van der Waals surface area contributed by atoms with Crippen molar-refractivity contribution >= 4 is 23.7 Å². The molecule has 1 aliphatic heterocycles. The summed E-state index contributed by atoms with van der Waals surface area (Å²) in [5, 5.41) is 2.81. The first kappa shape index (κ1) is 42.0. The van der Waals surface area contributed by atoms with Gasteiger partial charge in [0.05, 0.1) is 18.3 Å². The van der Waals surface area contributed by atoms with Gasteiger partial charge in [-0.2, -0.15) is 0 Å². The van der Waals surface area contributed by atoms with Gasteiger partial charge < -0.3 is 29.2 Å². The van der Waals surface area contributed by atoms with Gasteiger partial charge in [0.2, 0.25) is 5.91 Å². The predicted octanol–water partition coefficient (Wildman–Crippen LogP) is 6.50. The van der Waals surface area contributed by atoms with E-state index in [1.165, 1.54) is 30.6 Å². The summed E-state index contributed by atoms with van der Waals surface area (Å²) < 4.78 is 58.9. The second kappa shape index (κ2) is 17.6. The molecule has 0 spiro atoms. The molecule has 0 radical (unpaired) electrons. The summed E-state index contributed by atoms with van der Waals surface area (Å²) >= 11 is 0. The van der Waals surface area contributed by atoms with Gasteiger partial charge in [0.1, 0.15) is 41.9 Å². The van der Waals surface area contributed by atoms with E-state index in [9.17, 15) is 23.6 Å². The van der Waals surface area contributed by atoms with Gasteiger partial charge in [-0.15, -0.1) is 0 Å². The third-order valence-corrected chi connectivity index (χ3v) is 9.26. The largest absolute Gasteiger partial charge is 0.444 e. The van der Waals surface area contributed by atoms with Crippen LogP contribution in [-0.2, 0) is 30.4 Å². The molecule has 1 aliphatic rings. The van der Waals surface area contributed by atoms with E-state index in [1.54, 1.807) is 31.5 Å². The van der Waals surface area contributed by atoms with E-state index in [1.807, 2.05) is 44.2 Å². The van der Waals surface area contributed by atoms with Gasteiger partial charge in [0, 0.05) is 50.8 Å². The Labute approximate surface area is 315 Å². The fraction of sp³-hybridized carbons (Fsp3) is 0.525. The lowest BCUT2D eigenvalue weighted by Gasteiger charge is -2.44. The number of imidazole rings is 1. The highest BCUT2D eigenvalue weighted by atomic mass is 19.1. The molecule has 2 aromatic carbocycles. The lowest BCUT2D eigenvalue weighted by molar-refractivity contribution is -0.151. The maximum absolute atomic E-state index is 16.0. The number of hydrogen-bond donors (Lipinski definition) is 1. The molecule has 0 aliphatic carbocycles. The highest BCUT2D eigenvalue weighted by Crippen LogP contribution is 2.43. The zero-order valence-corrected chi connectivity index (χ0v) is 32.3. The molecule has 3 aromatic rings. The van der Waals surface area contributed by atoms with Crippen molar-refractivity contribution in [3.05, 3.63) is 77.8 Å². The normalized spacial score (nSPS) is 17.2. The van der Waals surface area contributed by atoms with Crippen LogP contribution in [0.25, 0.3) is 11.3 Å². The van der Waals surface area contributed by atoms with Crippen LogP contribution in [0, 0.1) is 23.0 Å². The monoisotopic (exact) mass is 755 g/mol. The van der Waals surface area contributed by atoms with Gasteiger partial charge in [-0.05, 0) is 70.2 Å². The first-order chi connectivity index (χ1) is 25.3. The van der Waals surface area contributed by atoms with Crippen molar-refractivity contribution in [2.75, 3.05) is 32.8 Å². The standard InChI is InChI=1S/C40H52F3N5O6/c1-25(49)24-53-26(2)37(51)48(21-29-20-47(22-33(29)43)38(52)54-39(4,5)6)35(40(7,8)16-17-44-27(3)50)36-45-34(31-18-30(41)14-15-32(31)42)23-46(36)19-28-12-10-9-11-13-28/h9-15,18,23,26,29,33,35H,16-17,19-22,24H2,1-8H3,(H,44,50). The molecule has 11 nitrogen and oxygen atoms in total. The Kier molecular flexibility index (Phi) is 13.7. The number of hydrogen-bond acceptors (Lipinski definition) is 7. The Morgan fingerprint density at radius 2 is 1.70 bits per heavy atom. The van der Waals surface area contributed by atoms with E-state index < -0.39 is 58.9 Å². The highest BCUT2D eigenvalue weighted by molar-refractivity contribution is 5.82. The maximum atomic E-state index is 16.0. The minimum Gasteiger partial charge on any atom is -0.444 e. The molecule has 4 rings (SSSR count). The zero-order chi connectivity index (χ0) is 40.0. The minimum absolute atomic E-state index is 0.0558. The number of nitrogens with zero attached hydrogens (tertiary/aromatic N) is 4. The molecule has 1 fully saturated rings. The van der Waals surface area contributed by atoms with Crippen LogP contribution in [-0.4, -0.2) is 93.7 Å². The van der Waals surface area contributed by atoms with E-state index in [-0.39, 0.29) is 68.1 Å². The smallest absolute Gasteiger partial charge is 0.410 e. The van der Waals surface area contributed by atoms with E-state index in [0.29, 0.717) is 6.42 Å². The van der Waals surface area contributed by atoms with Gasteiger partial charge in [0.15, 0.2) is 5.78 Å². The molecule has 1 aromatic heterocycles. The summed E-state index contributed by atoms with van der Waals surface area (Å²) in [6.07, 6.45) is -1.49. The average molecular weight is 756 g/mol. The van der Waals surface area contributed by atoms with Crippen molar-refractivity contribution in [3.8, 4) is 11.3 Å². The molecular formula is C40H52F3N5O6. The zero-order valence-electron chi connectivity index (χ0n) is 32.3. The van der Waals surface area contributed by atoms with Crippen molar-refractivity contribution in [2.24, 2.45) is 11.3 Å². The average Bonchev–Trinajstić information content (AvgIpc) is 3.66. The lowest BCUT2D eigenvalue weighted by atomic mass is 9.78. The summed E-state index contributed by atoms with van der Waals surface area (Å²) in [6.45, 7) is 12.7. The Balaban J connectivity index is 1.91. The van der Waals surface area contributed by atoms with Crippen LogP contribution >= 0.6 is 0 Å². The molecule has 294 valence electrons. The van der Waals surface area contributed by atoms with Gasteiger partial charge in [-0.3, -0.25) is 14.4 Å². The first-order valence-corrected chi connectivity index (χ1v) is 18.1. The number of ether oxygens (including phenoxy) is 2. The van der Waals surface area contributed by atoms with E-state index in [2.05, 4.69) is 5.32 Å². The number of Topliss-reactive ketones (excluding diaryl/α,β-unsaturated/α-hetero) is 1. The highest BCUT2D eigenvalue weighted by Gasteiger charge is 2.46. The lowest BCUT2D eigenvalue weighted by Crippen LogP contribution is -2.51. The number of alkyl halides is 1. The molecule has 4 atom stereocenters. The van der Waals surface area contributed by atoms with Crippen molar-refractivity contribution in [1.29, 1.82) is 0 Å². The quantitative estimate of drug-likeness (QED) is 0.188. The van der Waals surface area contributed by atoms with Crippen molar-refractivity contribution in [2.45, 2.75) is 92.3 Å². The second-order valence-corrected chi connectivity index (χ2v) is 15.7. The Morgan fingerprint density at radius 1 is 1.02 bits per heavy atom. The van der Waals surface area contributed by atoms with Crippen molar-refractivity contribution in [3.63, 3.8) is 0 Å². The molecule has 4 unspecified atom stereocenters. The third kappa shape index (κ3) is 11.2. The molecule has 1 saturated heterocycles. The number of likely N-dealkylation sites (tertiary alicyclic amines) is 1. The number of ketones is 1. The van der Waals surface area contributed by atoms with E-state index >= 15 is 8.78 Å². The summed E-state index contributed by atoms with van der Waals surface area (Å²) in [6, 6.07) is 11.4. The fourth-order valence-corrected chi connectivity index (χ4v) is 6.59. The van der Waals surface area contributed by atoms with Crippen LogP contribution in [0.2, 0.25) is 0 Å². The van der Waals surface area contributed by atoms with Crippen LogP contribution in [0.4, 0.5) is 18.0 Å². The molecule has 2 heterocycles. The number of carbonyl (C=O) groups excluding carboxylic acids is 4. The van der Waals surface area contributed by atoms with Crippen LogP contribution < -0.4 is 5.32 Å². The third-order valence-electron chi connectivity index (χ3n) is 9.26. The number of amides is 3. The van der Waals surface area contributed by atoms with Crippen LogP contribution in [0.15, 0.2) is 54.7 Å². The Bertz CT molecular complexity index is 1790. The van der Waals surface area contributed by atoms with E-state index in [0.717, 1.165) is 23.8 Å².